The molecule has 0 aromatic rings. The first-order valence-electron chi connectivity index (χ1n) is 3.86. The summed E-state index contributed by atoms with van der Waals surface area (Å²) < 4.78 is 0. The third-order valence-corrected chi connectivity index (χ3v) is 3.04. The zero-order valence-corrected chi connectivity index (χ0v) is 5.54. The number of fused-ring (bicyclic) bond motifs is 2. The summed E-state index contributed by atoms with van der Waals surface area (Å²) in [5.74, 6) is 1.50. The molecule has 0 aliphatic heterocycles. The third-order valence-electron chi connectivity index (χ3n) is 3.04. The van der Waals surface area contributed by atoms with Gasteiger partial charge in [0.15, 0.2) is 0 Å². The van der Waals surface area contributed by atoms with Crippen LogP contribution < -0.4 is 0 Å². The molecule has 3 aliphatic carbocycles. The second kappa shape index (κ2) is 1.20. The summed E-state index contributed by atoms with van der Waals surface area (Å²) in [6.07, 6.45) is 1.76. The van der Waals surface area contributed by atoms with Gasteiger partial charge in [-0.2, -0.15) is 0 Å². The van der Waals surface area contributed by atoms with E-state index in [9.17, 15) is 9.59 Å². The average Bonchev–Trinajstić information content (AvgIpc) is 2.77. The standard InChI is InChI=1S/C8H8O2/c9-7-3-1-4(3)8(10)6-2-5(6)7/h3-6H,1-2H2/t3-,4+,5+,6-. The van der Waals surface area contributed by atoms with E-state index in [0.717, 1.165) is 12.8 Å². The zero-order chi connectivity index (χ0) is 6.88. The van der Waals surface area contributed by atoms with Gasteiger partial charge in [-0.1, -0.05) is 0 Å². The number of carbonyl (C=O) groups excluding carboxylic acids is 2. The van der Waals surface area contributed by atoms with Gasteiger partial charge >= 0.3 is 0 Å². The molecule has 3 fully saturated rings. The highest BCUT2D eigenvalue weighted by Crippen LogP contribution is 2.58. The van der Waals surface area contributed by atoms with Crippen LogP contribution in [0.2, 0.25) is 0 Å². The highest BCUT2D eigenvalue weighted by molar-refractivity contribution is 6.06. The van der Waals surface area contributed by atoms with Crippen molar-refractivity contribution in [1.29, 1.82) is 0 Å². The fourth-order valence-electron chi connectivity index (χ4n) is 2.20. The van der Waals surface area contributed by atoms with Crippen LogP contribution in [0.4, 0.5) is 0 Å². The summed E-state index contributed by atoms with van der Waals surface area (Å²) in [5.41, 5.74) is 0. The minimum Gasteiger partial charge on any atom is -0.299 e. The summed E-state index contributed by atoms with van der Waals surface area (Å²) in [4.78, 5) is 22.4. The van der Waals surface area contributed by atoms with E-state index in [0.29, 0.717) is 11.6 Å². The molecule has 0 aromatic heterocycles. The van der Waals surface area contributed by atoms with Gasteiger partial charge in [0.2, 0.25) is 0 Å². The Hall–Kier alpha value is -0.660. The van der Waals surface area contributed by atoms with Crippen molar-refractivity contribution in [3.8, 4) is 0 Å². The SMILES string of the molecule is O=C1[C@H]2C[C@H]2C(=O)[C@H]2C[C@@H]12. The van der Waals surface area contributed by atoms with Gasteiger partial charge in [-0.15, -0.1) is 0 Å². The molecular formula is C8H8O2. The molecule has 0 spiro atoms. The Morgan fingerprint density at radius 2 is 1.10 bits per heavy atom. The van der Waals surface area contributed by atoms with E-state index in [4.69, 9.17) is 0 Å². The van der Waals surface area contributed by atoms with Crippen LogP contribution in [0.1, 0.15) is 12.8 Å². The molecule has 0 N–H and O–H groups in total. The molecule has 52 valence electrons. The van der Waals surface area contributed by atoms with Gasteiger partial charge in [0.1, 0.15) is 11.6 Å². The zero-order valence-electron chi connectivity index (χ0n) is 5.54. The Kier molecular flexibility index (Phi) is 0.607. The molecule has 0 amide bonds. The van der Waals surface area contributed by atoms with E-state index < -0.39 is 0 Å². The Labute approximate surface area is 58.6 Å². The predicted octanol–water partition coefficient (Wildman–Crippen LogP) is 0.410. The smallest absolute Gasteiger partial charge is 0.140 e. The van der Waals surface area contributed by atoms with Crippen LogP contribution in [-0.4, -0.2) is 11.6 Å². The highest BCUT2D eigenvalue weighted by Gasteiger charge is 2.64. The number of Topliss-reactive ketones (excluding diaryl/α,β-unsaturated/α-hetero) is 2. The highest BCUT2D eigenvalue weighted by atomic mass is 16.1. The number of ketones is 2. The number of hydrogen-bond donors (Lipinski definition) is 0. The molecule has 3 rings (SSSR count). The normalized spacial score (nSPS) is 55.6. The maximum Gasteiger partial charge on any atom is 0.140 e. The molecule has 0 bridgehead atoms. The second-order valence-electron chi connectivity index (χ2n) is 3.70. The number of hydrogen-bond acceptors (Lipinski definition) is 2. The van der Waals surface area contributed by atoms with Gasteiger partial charge in [0.25, 0.3) is 0 Å². The molecule has 10 heavy (non-hydrogen) atoms. The van der Waals surface area contributed by atoms with Crippen molar-refractivity contribution >= 4 is 11.6 Å². The van der Waals surface area contributed by atoms with Crippen LogP contribution in [0.5, 0.6) is 0 Å². The average molecular weight is 136 g/mol. The quantitative estimate of drug-likeness (QED) is 0.483. The van der Waals surface area contributed by atoms with Gasteiger partial charge in [-0.3, -0.25) is 9.59 Å². The largest absolute Gasteiger partial charge is 0.299 e. The van der Waals surface area contributed by atoms with E-state index >= 15 is 0 Å². The molecule has 3 aliphatic rings. The third kappa shape index (κ3) is 0.395. The first-order valence-corrected chi connectivity index (χ1v) is 3.86. The molecule has 2 heteroatoms. The van der Waals surface area contributed by atoms with E-state index in [-0.39, 0.29) is 23.7 Å². The molecular weight excluding hydrogens is 128 g/mol. The van der Waals surface area contributed by atoms with Crippen molar-refractivity contribution < 1.29 is 9.59 Å². The van der Waals surface area contributed by atoms with Crippen LogP contribution in [0.15, 0.2) is 0 Å². The first-order chi connectivity index (χ1) is 4.79. The molecule has 0 saturated heterocycles. The number of rotatable bonds is 0. The summed E-state index contributed by atoms with van der Waals surface area (Å²) in [5, 5.41) is 0. The topological polar surface area (TPSA) is 34.1 Å². The summed E-state index contributed by atoms with van der Waals surface area (Å²) in [7, 11) is 0. The lowest BCUT2D eigenvalue weighted by atomic mass is 9.98. The minimum absolute atomic E-state index is 0.177. The van der Waals surface area contributed by atoms with Gasteiger partial charge in [-0.25, -0.2) is 0 Å². The first kappa shape index (κ1) is 5.05. The van der Waals surface area contributed by atoms with Crippen LogP contribution in [0.3, 0.4) is 0 Å². The van der Waals surface area contributed by atoms with Crippen LogP contribution in [0, 0.1) is 23.7 Å². The van der Waals surface area contributed by atoms with E-state index in [1.54, 1.807) is 0 Å². The summed E-state index contributed by atoms with van der Waals surface area (Å²) in [6, 6.07) is 0. The van der Waals surface area contributed by atoms with E-state index in [2.05, 4.69) is 0 Å². The van der Waals surface area contributed by atoms with Crippen molar-refractivity contribution in [2.75, 3.05) is 0 Å². The lowest BCUT2D eigenvalue weighted by Crippen LogP contribution is -2.19. The van der Waals surface area contributed by atoms with Crippen LogP contribution >= 0.6 is 0 Å². The van der Waals surface area contributed by atoms with Crippen molar-refractivity contribution in [2.45, 2.75) is 12.8 Å². The number of carbonyl (C=O) groups is 2. The van der Waals surface area contributed by atoms with Crippen molar-refractivity contribution in [1.82, 2.24) is 0 Å². The van der Waals surface area contributed by atoms with E-state index in [1.165, 1.54) is 0 Å². The lowest BCUT2D eigenvalue weighted by molar-refractivity contribution is -0.130. The van der Waals surface area contributed by atoms with Crippen LogP contribution in [-0.2, 0) is 9.59 Å². The van der Waals surface area contributed by atoms with Gasteiger partial charge in [-0.05, 0) is 12.8 Å². The lowest BCUT2D eigenvalue weighted by Gasteiger charge is -2.03. The molecule has 0 unspecified atom stereocenters. The maximum atomic E-state index is 11.2. The molecule has 0 heterocycles. The Balaban J connectivity index is 2.01. The molecule has 2 nitrogen and oxygen atoms in total. The van der Waals surface area contributed by atoms with Gasteiger partial charge < -0.3 is 0 Å². The molecule has 0 radical (unpaired) electrons. The van der Waals surface area contributed by atoms with Gasteiger partial charge in [0, 0.05) is 23.7 Å². The second-order valence-corrected chi connectivity index (χ2v) is 3.70. The van der Waals surface area contributed by atoms with Crippen LogP contribution in [0.25, 0.3) is 0 Å². The van der Waals surface area contributed by atoms with Crippen molar-refractivity contribution in [3.05, 3.63) is 0 Å². The Bertz CT molecular complexity index is 198. The van der Waals surface area contributed by atoms with Gasteiger partial charge in [0.05, 0.1) is 0 Å². The summed E-state index contributed by atoms with van der Waals surface area (Å²) >= 11 is 0. The van der Waals surface area contributed by atoms with Crippen molar-refractivity contribution in [3.63, 3.8) is 0 Å². The molecule has 4 atom stereocenters. The maximum absolute atomic E-state index is 11.2. The fourth-order valence-corrected chi connectivity index (χ4v) is 2.20. The fraction of sp³-hybridized carbons (Fsp3) is 0.750. The molecule has 0 aromatic carbocycles. The minimum atomic E-state index is 0.177. The van der Waals surface area contributed by atoms with Crippen molar-refractivity contribution in [2.24, 2.45) is 23.7 Å². The molecule has 3 saturated carbocycles. The Morgan fingerprint density at radius 3 is 1.40 bits per heavy atom. The summed E-state index contributed by atoms with van der Waals surface area (Å²) in [6.45, 7) is 0. The predicted molar refractivity (Wildman–Crippen MR) is 33.2 cm³/mol. The Morgan fingerprint density at radius 1 is 0.800 bits per heavy atom. The van der Waals surface area contributed by atoms with E-state index in [1.807, 2.05) is 0 Å². The monoisotopic (exact) mass is 136 g/mol.